The smallest absolute Gasteiger partial charge is 0.311 e. The Balaban J connectivity index is 2.90. The van der Waals surface area contributed by atoms with Gasteiger partial charge in [0.05, 0.1) is 11.0 Å². The average Bonchev–Trinajstić information content (AvgIpc) is 2.63. The molecule has 0 aliphatic rings. The second-order valence-corrected chi connectivity index (χ2v) is 5.25. The van der Waals surface area contributed by atoms with Gasteiger partial charge in [-0.05, 0) is 34.6 Å². The van der Waals surface area contributed by atoms with Crippen LogP contribution >= 0.6 is 0 Å². The van der Waals surface area contributed by atoms with E-state index < -0.39 is 22.8 Å². The topological polar surface area (TPSA) is 108 Å². The second kappa shape index (κ2) is 4.40. The van der Waals surface area contributed by atoms with Gasteiger partial charge >= 0.3 is 5.97 Å². The number of aromatic amines is 1. The first kappa shape index (κ1) is 14.1. The fraction of sp³-hybridized carbons (Fsp3) is 0.636. The van der Waals surface area contributed by atoms with Crippen molar-refractivity contribution in [1.29, 1.82) is 0 Å². The van der Waals surface area contributed by atoms with Crippen molar-refractivity contribution >= 4 is 11.9 Å². The lowest BCUT2D eigenvalue weighted by Gasteiger charge is -2.38. The van der Waals surface area contributed by atoms with E-state index in [0.717, 1.165) is 0 Å². The largest absolute Gasteiger partial charge is 0.481 e. The summed E-state index contributed by atoms with van der Waals surface area (Å²) in [7, 11) is 0. The standard InChI is InChI=1S/C11H18N4O3/c1-6-12-7(15-14-6)8(16)13-11(4,5)10(2,3)9(17)18/h1-5H3,(H,13,16)(H,17,18)(H,12,14,15). The summed E-state index contributed by atoms with van der Waals surface area (Å²) in [4.78, 5) is 27.0. The van der Waals surface area contributed by atoms with Gasteiger partial charge in [-0.25, -0.2) is 4.98 Å². The van der Waals surface area contributed by atoms with Gasteiger partial charge in [-0.3, -0.25) is 14.7 Å². The summed E-state index contributed by atoms with van der Waals surface area (Å²) in [6.45, 7) is 8.09. The molecule has 0 radical (unpaired) electrons. The lowest BCUT2D eigenvalue weighted by molar-refractivity contribution is -0.150. The van der Waals surface area contributed by atoms with Crippen molar-refractivity contribution < 1.29 is 14.7 Å². The maximum Gasteiger partial charge on any atom is 0.311 e. The lowest BCUT2D eigenvalue weighted by Crippen LogP contribution is -2.57. The van der Waals surface area contributed by atoms with Gasteiger partial charge in [0, 0.05) is 0 Å². The molecule has 0 spiro atoms. The number of hydrogen-bond acceptors (Lipinski definition) is 4. The Bertz CT molecular complexity index is 476. The first-order valence-electron chi connectivity index (χ1n) is 5.53. The van der Waals surface area contributed by atoms with E-state index in [9.17, 15) is 14.7 Å². The molecule has 18 heavy (non-hydrogen) atoms. The molecule has 0 saturated heterocycles. The quantitative estimate of drug-likeness (QED) is 0.734. The maximum atomic E-state index is 11.9. The lowest BCUT2D eigenvalue weighted by atomic mass is 9.74. The Kier molecular flexibility index (Phi) is 3.45. The Morgan fingerprint density at radius 3 is 2.22 bits per heavy atom. The Morgan fingerprint density at radius 1 is 1.28 bits per heavy atom. The number of aliphatic carboxylic acids is 1. The van der Waals surface area contributed by atoms with Crippen molar-refractivity contribution in [3.05, 3.63) is 11.6 Å². The molecule has 0 atom stereocenters. The minimum atomic E-state index is -1.12. The van der Waals surface area contributed by atoms with Crippen LogP contribution in [0.5, 0.6) is 0 Å². The highest BCUT2D eigenvalue weighted by Crippen LogP contribution is 2.30. The third-order valence-electron chi connectivity index (χ3n) is 3.32. The molecule has 1 rings (SSSR count). The summed E-state index contributed by atoms with van der Waals surface area (Å²) in [6, 6.07) is 0. The zero-order chi connectivity index (χ0) is 14.1. The predicted molar refractivity (Wildman–Crippen MR) is 64.1 cm³/mol. The molecule has 0 bridgehead atoms. The van der Waals surface area contributed by atoms with Crippen molar-refractivity contribution in [2.45, 2.75) is 40.2 Å². The van der Waals surface area contributed by atoms with Gasteiger partial charge in [-0.1, -0.05) is 0 Å². The van der Waals surface area contributed by atoms with Gasteiger partial charge in [0.15, 0.2) is 0 Å². The van der Waals surface area contributed by atoms with Gasteiger partial charge in [0.2, 0.25) is 5.82 Å². The van der Waals surface area contributed by atoms with Crippen LogP contribution < -0.4 is 5.32 Å². The number of amides is 1. The number of rotatable bonds is 4. The minimum Gasteiger partial charge on any atom is -0.481 e. The van der Waals surface area contributed by atoms with E-state index in [4.69, 9.17) is 0 Å². The Hall–Kier alpha value is -1.92. The van der Waals surface area contributed by atoms with Crippen LogP contribution in [0.3, 0.4) is 0 Å². The number of hydrogen-bond donors (Lipinski definition) is 3. The molecule has 1 heterocycles. The fourth-order valence-electron chi connectivity index (χ4n) is 1.21. The molecule has 0 unspecified atom stereocenters. The number of carboxylic acids is 1. The molecular formula is C11H18N4O3. The van der Waals surface area contributed by atoms with E-state index >= 15 is 0 Å². The van der Waals surface area contributed by atoms with Gasteiger partial charge in [-0.15, -0.1) is 5.10 Å². The number of H-pyrrole nitrogens is 1. The molecule has 0 aromatic carbocycles. The summed E-state index contributed by atoms with van der Waals surface area (Å²) in [5.74, 6) is -0.963. The Labute approximate surface area is 105 Å². The SMILES string of the molecule is Cc1nc(C(=O)NC(C)(C)C(C)(C)C(=O)O)n[nH]1. The van der Waals surface area contributed by atoms with Crippen LogP contribution in [0.4, 0.5) is 0 Å². The Morgan fingerprint density at radius 2 is 1.83 bits per heavy atom. The van der Waals surface area contributed by atoms with Crippen LogP contribution in [0.1, 0.15) is 44.1 Å². The van der Waals surface area contributed by atoms with E-state index in [1.165, 1.54) is 0 Å². The predicted octanol–water partition coefficient (Wildman–Crippen LogP) is 0.732. The van der Waals surface area contributed by atoms with E-state index in [1.54, 1.807) is 34.6 Å². The number of carbonyl (C=O) groups is 2. The number of aryl methyl sites for hydroxylation is 1. The third-order valence-corrected chi connectivity index (χ3v) is 3.32. The van der Waals surface area contributed by atoms with E-state index in [-0.39, 0.29) is 5.82 Å². The molecule has 3 N–H and O–H groups in total. The molecule has 0 aliphatic heterocycles. The highest BCUT2D eigenvalue weighted by Gasteiger charge is 2.44. The maximum absolute atomic E-state index is 11.9. The molecule has 0 aliphatic carbocycles. The molecule has 0 saturated carbocycles. The number of carboxylic acid groups (broad SMARTS) is 1. The molecular weight excluding hydrogens is 236 g/mol. The first-order chi connectivity index (χ1) is 8.08. The van der Waals surface area contributed by atoms with Crippen LogP contribution in [0.2, 0.25) is 0 Å². The van der Waals surface area contributed by atoms with Crippen LogP contribution in [0.25, 0.3) is 0 Å². The van der Waals surface area contributed by atoms with Crippen molar-refractivity contribution in [2.75, 3.05) is 0 Å². The zero-order valence-electron chi connectivity index (χ0n) is 11.2. The fourth-order valence-corrected chi connectivity index (χ4v) is 1.21. The summed E-state index contributed by atoms with van der Waals surface area (Å²) in [5, 5.41) is 18.1. The van der Waals surface area contributed by atoms with E-state index in [1.807, 2.05) is 0 Å². The number of nitrogens with one attached hydrogen (secondary N) is 2. The van der Waals surface area contributed by atoms with Gasteiger partial charge in [0.25, 0.3) is 5.91 Å². The van der Waals surface area contributed by atoms with Crippen molar-refractivity contribution in [1.82, 2.24) is 20.5 Å². The number of nitrogens with zero attached hydrogens (tertiary/aromatic N) is 2. The molecule has 7 heteroatoms. The highest BCUT2D eigenvalue weighted by atomic mass is 16.4. The second-order valence-electron chi connectivity index (χ2n) is 5.25. The zero-order valence-corrected chi connectivity index (χ0v) is 11.2. The van der Waals surface area contributed by atoms with Crippen LogP contribution in [-0.4, -0.2) is 37.7 Å². The monoisotopic (exact) mass is 254 g/mol. The van der Waals surface area contributed by atoms with E-state index in [0.29, 0.717) is 5.82 Å². The average molecular weight is 254 g/mol. The highest BCUT2D eigenvalue weighted by molar-refractivity contribution is 5.91. The molecule has 0 fully saturated rings. The van der Waals surface area contributed by atoms with Crippen LogP contribution in [0, 0.1) is 12.3 Å². The normalized spacial score (nSPS) is 12.3. The summed E-state index contributed by atoms with van der Waals surface area (Å²) in [5.41, 5.74) is -2.06. The van der Waals surface area contributed by atoms with Gasteiger partial charge in [-0.2, -0.15) is 0 Å². The summed E-state index contributed by atoms with van der Waals surface area (Å²) >= 11 is 0. The van der Waals surface area contributed by atoms with Crippen molar-refractivity contribution in [3.8, 4) is 0 Å². The van der Waals surface area contributed by atoms with Crippen molar-refractivity contribution in [2.24, 2.45) is 5.41 Å². The van der Waals surface area contributed by atoms with Gasteiger partial charge in [0.1, 0.15) is 5.82 Å². The first-order valence-corrected chi connectivity index (χ1v) is 5.53. The number of aromatic nitrogens is 3. The minimum absolute atomic E-state index is 0.00163. The summed E-state index contributed by atoms with van der Waals surface area (Å²) in [6.07, 6.45) is 0. The molecule has 7 nitrogen and oxygen atoms in total. The van der Waals surface area contributed by atoms with Gasteiger partial charge < -0.3 is 10.4 Å². The van der Waals surface area contributed by atoms with Crippen LogP contribution in [0.15, 0.2) is 0 Å². The molecule has 1 aromatic rings. The molecule has 1 aromatic heterocycles. The summed E-state index contributed by atoms with van der Waals surface area (Å²) < 4.78 is 0. The third kappa shape index (κ3) is 2.49. The van der Waals surface area contributed by atoms with Crippen molar-refractivity contribution in [3.63, 3.8) is 0 Å². The number of carbonyl (C=O) groups excluding carboxylic acids is 1. The van der Waals surface area contributed by atoms with E-state index in [2.05, 4.69) is 20.5 Å². The molecule has 100 valence electrons. The molecule has 1 amide bonds. The van der Waals surface area contributed by atoms with Crippen LogP contribution in [-0.2, 0) is 4.79 Å².